The van der Waals surface area contributed by atoms with Crippen LogP contribution in [0.25, 0.3) is 100 Å². The molecule has 0 fully saturated rings. The SMILES string of the molecule is c1ccc(-c2nc(-c3ccccc3)nc(-c3ccc(-c4ccc5ncnc(-c6cc7oc8ccccc8c7cn6)c5c4)c4ccccc34)n2)cc1. The molecule has 7 heteroatoms. The highest BCUT2D eigenvalue weighted by Gasteiger charge is 2.18. The van der Waals surface area contributed by atoms with Gasteiger partial charge in [-0.1, -0.05) is 115 Å². The van der Waals surface area contributed by atoms with E-state index in [1.807, 2.05) is 97.2 Å². The summed E-state index contributed by atoms with van der Waals surface area (Å²) in [7, 11) is 0. The van der Waals surface area contributed by atoms with Gasteiger partial charge in [-0.3, -0.25) is 4.98 Å². The molecule has 0 unspecified atom stereocenters. The molecule has 10 aromatic rings. The van der Waals surface area contributed by atoms with Crippen LogP contribution in [0.4, 0.5) is 0 Å². The van der Waals surface area contributed by atoms with Gasteiger partial charge in [0.2, 0.25) is 0 Å². The minimum absolute atomic E-state index is 0.617. The number of aromatic nitrogens is 6. The number of rotatable bonds is 5. The second kappa shape index (κ2) is 11.8. The zero-order valence-electron chi connectivity index (χ0n) is 27.1. The number of nitrogens with zero attached hydrogens (tertiary/aromatic N) is 6. The van der Waals surface area contributed by atoms with Gasteiger partial charge in [0, 0.05) is 45.1 Å². The molecular weight excluding hydrogens is 629 g/mol. The normalized spacial score (nSPS) is 11.5. The fourth-order valence-corrected chi connectivity index (χ4v) is 6.85. The zero-order chi connectivity index (χ0) is 33.7. The van der Waals surface area contributed by atoms with Gasteiger partial charge >= 0.3 is 0 Å². The Kier molecular flexibility index (Phi) is 6.67. The minimum atomic E-state index is 0.617. The van der Waals surface area contributed by atoms with Crippen molar-refractivity contribution in [3.8, 4) is 56.7 Å². The summed E-state index contributed by atoms with van der Waals surface area (Å²) in [5.41, 5.74) is 8.83. The van der Waals surface area contributed by atoms with Gasteiger partial charge < -0.3 is 4.42 Å². The monoisotopic (exact) mass is 654 g/mol. The predicted molar refractivity (Wildman–Crippen MR) is 203 cm³/mol. The molecule has 51 heavy (non-hydrogen) atoms. The fourth-order valence-electron chi connectivity index (χ4n) is 6.85. The Morgan fingerprint density at radius 1 is 0.392 bits per heavy atom. The summed E-state index contributed by atoms with van der Waals surface area (Å²) < 4.78 is 6.18. The third kappa shape index (κ3) is 4.99. The first-order chi connectivity index (χ1) is 25.3. The lowest BCUT2D eigenvalue weighted by Gasteiger charge is -2.14. The largest absolute Gasteiger partial charge is 0.456 e. The molecule has 7 nitrogen and oxygen atoms in total. The molecule has 4 aromatic heterocycles. The van der Waals surface area contributed by atoms with Crippen LogP contribution in [0.5, 0.6) is 0 Å². The first-order valence-corrected chi connectivity index (χ1v) is 16.7. The van der Waals surface area contributed by atoms with Gasteiger partial charge in [0.15, 0.2) is 17.5 Å². The van der Waals surface area contributed by atoms with Gasteiger partial charge in [-0.05, 0) is 46.2 Å². The lowest BCUT2D eigenvalue weighted by atomic mass is 9.93. The minimum Gasteiger partial charge on any atom is -0.456 e. The van der Waals surface area contributed by atoms with Crippen molar-refractivity contribution in [2.75, 3.05) is 0 Å². The van der Waals surface area contributed by atoms with Crippen LogP contribution >= 0.6 is 0 Å². The quantitative estimate of drug-likeness (QED) is 0.182. The fraction of sp³-hybridized carbons (Fsp3) is 0. The van der Waals surface area contributed by atoms with Crippen LogP contribution in [0, 0.1) is 0 Å². The predicted octanol–water partition coefficient (Wildman–Crippen LogP) is 10.6. The van der Waals surface area contributed by atoms with Crippen LogP contribution in [0.1, 0.15) is 0 Å². The number of fused-ring (bicyclic) bond motifs is 5. The summed E-state index contributed by atoms with van der Waals surface area (Å²) in [4.78, 5) is 29.1. The van der Waals surface area contributed by atoms with Crippen molar-refractivity contribution in [3.63, 3.8) is 0 Å². The summed E-state index contributed by atoms with van der Waals surface area (Å²) in [5.74, 6) is 1.87. The van der Waals surface area contributed by atoms with Crippen LogP contribution in [0.2, 0.25) is 0 Å². The molecule has 0 bridgehead atoms. The summed E-state index contributed by atoms with van der Waals surface area (Å²) in [6.45, 7) is 0. The number of pyridine rings is 1. The molecule has 0 aliphatic rings. The van der Waals surface area contributed by atoms with Gasteiger partial charge in [0.25, 0.3) is 0 Å². The number of hydrogen-bond donors (Lipinski definition) is 0. The van der Waals surface area contributed by atoms with Gasteiger partial charge in [0.1, 0.15) is 17.5 Å². The van der Waals surface area contributed by atoms with Gasteiger partial charge in [-0.25, -0.2) is 24.9 Å². The lowest BCUT2D eigenvalue weighted by molar-refractivity contribution is 0.668. The number of para-hydroxylation sites is 1. The van der Waals surface area contributed by atoms with Crippen molar-refractivity contribution in [1.29, 1.82) is 0 Å². The van der Waals surface area contributed by atoms with Crippen LogP contribution in [0.15, 0.2) is 163 Å². The van der Waals surface area contributed by atoms with E-state index in [9.17, 15) is 0 Å². The summed E-state index contributed by atoms with van der Waals surface area (Å²) in [5, 5.41) is 5.05. The Labute approximate surface area is 292 Å². The maximum absolute atomic E-state index is 6.18. The van der Waals surface area contributed by atoms with Crippen LogP contribution in [-0.2, 0) is 0 Å². The topological polar surface area (TPSA) is 90.5 Å². The van der Waals surface area contributed by atoms with E-state index in [0.29, 0.717) is 17.5 Å². The van der Waals surface area contributed by atoms with Crippen LogP contribution in [-0.4, -0.2) is 29.9 Å². The first-order valence-electron chi connectivity index (χ1n) is 16.7. The van der Waals surface area contributed by atoms with Gasteiger partial charge in [-0.15, -0.1) is 0 Å². The Balaban J connectivity index is 1.12. The third-order valence-corrected chi connectivity index (χ3v) is 9.32. The molecule has 0 N–H and O–H groups in total. The van der Waals surface area contributed by atoms with Gasteiger partial charge in [0.05, 0.1) is 16.9 Å². The number of hydrogen-bond acceptors (Lipinski definition) is 7. The molecule has 10 rings (SSSR count). The molecule has 0 saturated carbocycles. The average Bonchev–Trinajstić information content (AvgIpc) is 3.58. The summed E-state index contributed by atoms with van der Waals surface area (Å²) >= 11 is 0. The molecule has 0 atom stereocenters. The molecule has 238 valence electrons. The van der Waals surface area contributed by atoms with E-state index in [4.69, 9.17) is 29.3 Å². The van der Waals surface area contributed by atoms with E-state index < -0.39 is 0 Å². The third-order valence-electron chi connectivity index (χ3n) is 9.32. The maximum atomic E-state index is 6.18. The first kappa shape index (κ1) is 28.9. The maximum Gasteiger partial charge on any atom is 0.164 e. The van der Waals surface area contributed by atoms with E-state index in [2.05, 4.69) is 59.6 Å². The Morgan fingerprint density at radius 2 is 1.02 bits per heavy atom. The molecule has 0 aliphatic heterocycles. The second-order valence-corrected chi connectivity index (χ2v) is 12.4. The Hall–Kier alpha value is -7.12. The van der Waals surface area contributed by atoms with Crippen molar-refractivity contribution in [3.05, 3.63) is 158 Å². The molecular formula is C44H26N6O. The second-order valence-electron chi connectivity index (χ2n) is 12.4. The zero-order valence-corrected chi connectivity index (χ0v) is 27.1. The van der Waals surface area contributed by atoms with Crippen molar-refractivity contribution in [2.45, 2.75) is 0 Å². The highest BCUT2D eigenvalue weighted by Crippen LogP contribution is 2.38. The van der Waals surface area contributed by atoms with E-state index in [1.54, 1.807) is 6.33 Å². The highest BCUT2D eigenvalue weighted by molar-refractivity contribution is 6.07. The average molecular weight is 655 g/mol. The van der Waals surface area contributed by atoms with E-state index in [0.717, 1.165) is 82.8 Å². The molecule has 0 spiro atoms. The number of furan rings is 1. The molecule has 0 radical (unpaired) electrons. The number of benzene rings is 6. The molecule has 4 heterocycles. The van der Waals surface area contributed by atoms with Crippen molar-refractivity contribution < 1.29 is 4.42 Å². The van der Waals surface area contributed by atoms with E-state index in [-0.39, 0.29) is 0 Å². The summed E-state index contributed by atoms with van der Waals surface area (Å²) in [6, 6.07) is 49.0. The standard InChI is InChI=1S/C44H26N6O/c1-3-11-27(12-4-1)42-48-43(28-13-5-2-6-14-28)50-44(49-42)34-21-20-30(31-15-7-8-16-32(31)34)29-19-22-37-35(23-29)41(47-26-46-37)38-24-40-36(25-45-38)33-17-9-10-18-39(33)51-40/h1-26H. The summed E-state index contributed by atoms with van der Waals surface area (Å²) in [6.07, 6.45) is 3.46. The van der Waals surface area contributed by atoms with Crippen molar-refractivity contribution in [2.24, 2.45) is 0 Å². The Morgan fingerprint density at radius 3 is 1.76 bits per heavy atom. The van der Waals surface area contributed by atoms with Crippen molar-refractivity contribution >= 4 is 43.6 Å². The molecule has 0 saturated heterocycles. The van der Waals surface area contributed by atoms with E-state index >= 15 is 0 Å². The van der Waals surface area contributed by atoms with E-state index in [1.165, 1.54) is 0 Å². The lowest BCUT2D eigenvalue weighted by Crippen LogP contribution is -2.00. The van der Waals surface area contributed by atoms with Crippen molar-refractivity contribution in [1.82, 2.24) is 29.9 Å². The highest BCUT2D eigenvalue weighted by atomic mass is 16.3. The molecule has 0 aliphatic carbocycles. The Bertz CT molecular complexity index is 2870. The molecule has 6 aromatic carbocycles. The molecule has 0 amide bonds. The van der Waals surface area contributed by atoms with Crippen LogP contribution in [0.3, 0.4) is 0 Å². The van der Waals surface area contributed by atoms with Crippen LogP contribution < -0.4 is 0 Å². The smallest absolute Gasteiger partial charge is 0.164 e. The van der Waals surface area contributed by atoms with Gasteiger partial charge in [-0.2, -0.15) is 0 Å².